The SMILES string of the molecule is Cc1ccc(C(=O)NCCC(C)C)c(C2CCN(S(=O)(=O)c3ccc(Cl)cc3)CC2)n1. The van der Waals surface area contributed by atoms with E-state index in [4.69, 9.17) is 11.6 Å². The van der Waals surface area contributed by atoms with Crippen molar-refractivity contribution >= 4 is 27.5 Å². The Morgan fingerprint density at radius 2 is 1.81 bits per heavy atom. The molecule has 1 aliphatic heterocycles. The number of piperidine rings is 1. The molecule has 0 unspecified atom stereocenters. The standard InChI is InChI=1S/C23H30ClN3O3S/c1-16(2)10-13-25-23(28)21-9-4-17(3)26-22(21)18-11-14-27(15-12-18)31(29,30)20-7-5-19(24)6-8-20/h4-9,16,18H,10-15H2,1-3H3,(H,25,28). The number of carbonyl (C=O) groups excluding carboxylic acids is 1. The van der Waals surface area contributed by atoms with Crippen molar-refractivity contribution in [3.05, 3.63) is 58.4 Å². The zero-order valence-corrected chi connectivity index (χ0v) is 19.8. The van der Waals surface area contributed by atoms with E-state index >= 15 is 0 Å². The van der Waals surface area contributed by atoms with Crippen LogP contribution in [0.4, 0.5) is 0 Å². The molecule has 0 saturated carbocycles. The lowest BCUT2D eigenvalue weighted by molar-refractivity contribution is 0.0949. The molecule has 0 spiro atoms. The van der Waals surface area contributed by atoms with Gasteiger partial charge in [0.15, 0.2) is 0 Å². The number of aromatic nitrogens is 1. The van der Waals surface area contributed by atoms with Crippen LogP contribution in [0, 0.1) is 12.8 Å². The third-order valence-corrected chi connectivity index (χ3v) is 7.77. The van der Waals surface area contributed by atoms with Crippen molar-refractivity contribution in [2.75, 3.05) is 19.6 Å². The van der Waals surface area contributed by atoms with Gasteiger partial charge in [-0.3, -0.25) is 9.78 Å². The molecular formula is C23H30ClN3O3S. The fraction of sp³-hybridized carbons (Fsp3) is 0.478. The van der Waals surface area contributed by atoms with E-state index in [1.165, 1.54) is 16.4 Å². The molecule has 0 aliphatic carbocycles. The molecule has 1 amide bonds. The molecule has 1 fully saturated rings. The van der Waals surface area contributed by atoms with E-state index in [0.717, 1.165) is 17.8 Å². The number of aryl methyl sites for hydroxylation is 1. The van der Waals surface area contributed by atoms with Crippen molar-refractivity contribution in [1.82, 2.24) is 14.6 Å². The van der Waals surface area contributed by atoms with Gasteiger partial charge in [-0.15, -0.1) is 0 Å². The highest BCUT2D eigenvalue weighted by molar-refractivity contribution is 7.89. The van der Waals surface area contributed by atoms with E-state index in [1.807, 2.05) is 19.1 Å². The molecule has 8 heteroatoms. The van der Waals surface area contributed by atoms with Gasteiger partial charge in [-0.1, -0.05) is 25.4 Å². The summed E-state index contributed by atoms with van der Waals surface area (Å²) in [6, 6.07) is 9.92. The Morgan fingerprint density at radius 3 is 2.42 bits per heavy atom. The molecule has 0 atom stereocenters. The summed E-state index contributed by atoms with van der Waals surface area (Å²) in [6.45, 7) is 7.55. The quantitative estimate of drug-likeness (QED) is 0.660. The summed E-state index contributed by atoms with van der Waals surface area (Å²) in [5.74, 6) is 0.449. The lowest BCUT2D eigenvalue weighted by Gasteiger charge is -2.31. The summed E-state index contributed by atoms with van der Waals surface area (Å²) in [5.41, 5.74) is 2.21. The molecule has 1 aliphatic rings. The van der Waals surface area contributed by atoms with Crippen molar-refractivity contribution in [2.45, 2.75) is 50.8 Å². The Morgan fingerprint density at radius 1 is 1.16 bits per heavy atom. The van der Waals surface area contributed by atoms with Crippen LogP contribution in [0.3, 0.4) is 0 Å². The van der Waals surface area contributed by atoms with E-state index in [9.17, 15) is 13.2 Å². The average Bonchev–Trinajstić information content (AvgIpc) is 2.73. The summed E-state index contributed by atoms with van der Waals surface area (Å²) in [5, 5.41) is 3.49. The smallest absolute Gasteiger partial charge is 0.253 e. The summed E-state index contributed by atoms with van der Waals surface area (Å²) >= 11 is 5.89. The first-order valence-electron chi connectivity index (χ1n) is 10.7. The van der Waals surface area contributed by atoms with Crippen molar-refractivity contribution in [2.24, 2.45) is 5.92 Å². The molecule has 6 nitrogen and oxygen atoms in total. The van der Waals surface area contributed by atoms with Gasteiger partial charge in [-0.05, 0) is 68.5 Å². The van der Waals surface area contributed by atoms with Gasteiger partial charge in [0.2, 0.25) is 10.0 Å². The number of hydrogen-bond donors (Lipinski definition) is 1. The highest BCUT2D eigenvalue weighted by Gasteiger charge is 2.32. The normalized spacial score (nSPS) is 15.9. The van der Waals surface area contributed by atoms with Crippen molar-refractivity contribution in [3.8, 4) is 0 Å². The summed E-state index contributed by atoms with van der Waals surface area (Å²) in [4.78, 5) is 17.7. The Balaban J connectivity index is 1.72. The van der Waals surface area contributed by atoms with Gasteiger partial charge in [0, 0.05) is 36.3 Å². The predicted molar refractivity (Wildman–Crippen MR) is 123 cm³/mol. The fourth-order valence-electron chi connectivity index (χ4n) is 3.77. The van der Waals surface area contributed by atoms with Gasteiger partial charge < -0.3 is 5.32 Å². The van der Waals surface area contributed by atoms with E-state index in [-0.39, 0.29) is 16.7 Å². The number of carbonyl (C=O) groups is 1. The van der Waals surface area contributed by atoms with Gasteiger partial charge in [0.05, 0.1) is 16.2 Å². The van der Waals surface area contributed by atoms with Crippen LogP contribution < -0.4 is 5.32 Å². The molecule has 0 bridgehead atoms. The second-order valence-electron chi connectivity index (χ2n) is 8.46. The highest BCUT2D eigenvalue weighted by atomic mass is 35.5. The van der Waals surface area contributed by atoms with Crippen LogP contribution in [-0.2, 0) is 10.0 Å². The van der Waals surface area contributed by atoms with Gasteiger partial charge >= 0.3 is 0 Å². The number of sulfonamides is 1. The van der Waals surface area contributed by atoms with Crippen LogP contribution in [-0.4, -0.2) is 43.2 Å². The molecule has 0 radical (unpaired) electrons. The second-order valence-corrected chi connectivity index (χ2v) is 10.8. The van der Waals surface area contributed by atoms with E-state index in [0.29, 0.717) is 49.0 Å². The third kappa shape index (κ3) is 5.84. The fourth-order valence-corrected chi connectivity index (χ4v) is 5.37. The number of nitrogens with zero attached hydrogens (tertiary/aromatic N) is 2. The Labute approximate surface area is 190 Å². The van der Waals surface area contributed by atoms with Crippen molar-refractivity contribution < 1.29 is 13.2 Å². The number of hydrogen-bond acceptors (Lipinski definition) is 4. The van der Waals surface area contributed by atoms with Crippen LogP contribution >= 0.6 is 11.6 Å². The monoisotopic (exact) mass is 463 g/mol. The minimum atomic E-state index is -3.56. The van der Waals surface area contributed by atoms with Crippen LogP contribution in [0.5, 0.6) is 0 Å². The lowest BCUT2D eigenvalue weighted by Crippen LogP contribution is -2.38. The van der Waals surface area contributed by atoms with Crippen LogP contribution in [0.15, 0.2) is 41.3 Å². The van der Waals surface area contributed by atoms with Crippen LogP contribution in [0.25, 0.3) is 0 Å². The number of nitrogens with one attached hydrogen (secondary N) is 1. The molecule has 1 aromatic heterocycles. The molecule has 31 heavy (non-hydrogen) atoms. The number of amides is 1. The molecule has 2 heterocycles. The first-order chi connectivity index (χ1) is 14.7. The van der Waals surface area contributed by atoms with Crippen molar-refractivity contribution in [1.29, 1.82) is 0 Å². The Bertz CT molecular complexity index is 1010. The number of benzene rings is 1. The molecule has 2 aromatic rings. The molecular weight excluding hydrogens is 434 g/mol. The maximum atomic E-state index is 12.9. The number of halogens is 1. The van der Waals surface area contributed by atoms with Crippen LogP contribution in [0.1, 0.15) is 60.8 Å². The first kappa shape index (κ1) is 23.7. The summed E-state index contributed by atoms with van der Waals surface area (Å²) < 4.78 is 27.4. The second kappa shape index (κ2) is 10.1. The Kier molecular flexibility index (Phi) is 7.73. The molecule has 168 valence electrons. The molecule has 3 rings (SSSR count). The highest BCUT2D eigenvalue weighted by Crippen LogP contribution is 2.32. The summed E-state index contributed by atoms with van der Waals surface area (Å²) in [6.07, 6.45) is 2.16. The van der Waals surface area contributed by atoms with Gasteiger partial charge in [-0.2, -0.15) is 4.31 Å². The zero-order chi connectivity index (χ0) is 22.6. The van der Waals surface area contributed by atoms with Crippen molar-refractivity contribution in [3.63, 3.8) is 0 Å². The average molecular weight is 464 g/mol. The van der Waals surface area contributed by atoms with E-state index < -0.39 is 10.0 Å². The summed E-state index contributed by atoms with van der Waals surface area (Å²) in [7, 11) is -3.56. The molecule has 1 N–H and O–H groups in total. The molecule has 1 aromatic carbocycles. The number of rotatable bonds is 7. The third-order valence-electron chi connectivity index (χ3n) is 5.61. The van der Waals surface area contributed by atoms with Crippen LogP contribution in [0.2, 0.25) is 5.02 Å². The minimum absolute atomic E-state index is 0.0439. The lowest BCUT2D eigenvalue weighted by atomic mass is 9.90. The minimum Gasteiger partial charge on any atom is -0.352 e. The zero-order valence-electron chi connectivity index (χ0n) is 18.3. The van der Waals surface area contributed by atoms with E-state index in [2.05, 4.69) is 24.1 Å². The van der Waals surface area contributed by atoms with E-state index in [1.54, 1.807) is 12.1 Å². The largest absolute Gasteiger partial charge is 0.352 e. The maximum Gasteiger partial charge on any atom is 0.253 e. The Hall–Kier alpha value is -1.96. The topological polar surface area (TPSA) is 79.4 Å². The first-order valence-corrected chi connectivity index (χ1v) is 12.5. The van der Waals surface area contributed by atoms with Gasteiger partial charge in [-0.25, -0.2) is 8.42 Å². The molecule has 1 saturated heterocycles. The maximum absolute atomic E-state index is 12.9. The predicted octanol–water partition coefficient (Wildman–Crippen LogP) is 4.39. The van der Waals surface area contributed by atoms with Gasteiger partial charge in [0.25, 0.3) is 5.91 Å². The van der Waals surface area contributed by atoms with Gasteiger partial charge in [0.1, 0.15) is 0 Å². The number of pyridine rings is 1.